The first-order valence-electron chi connectivity index (χ1n) is 6.20. The van der Waals surface area contributed by atoms with Gasteiger partial charge in [0.05, 0.1) is 5.56 Å². The summed E-state index contributed by atoms with van der Waals surface area (Å²) in [5.41, 5.74) is 2.74. The molecule has 4 heteroatoms. The number of carbonyl (C=O) groups is 1. The monoisotopic (exact) mass is 266 g/mol. The molecule has 0 heterocycles. The Balaban J connectivity index is 2.83. The Hall–Kier alpha value is -1.16. The standard InChI is InChI=1S/C14H22N2OS/c1-5-11(9-18-4)16-14(17)12-7-6-10(2)8-13(12)15-3/h6-8,11,15H,5,9H2,1-4H3,(H,16,17). The minimum Gasteiger partial charge on any atom is -0.387 e. The van der Waals surface area contributed by atoms with Crippen molar-refractivity contribution in [2.75, 3.05) is 24.4 Å². The van der Waals surface area contributed by atoms with Gasteiger partial charge in [0.2, 0.25) is 0 Å². The number of benzene rings is 1. The van der Waals surface area contributed by atoms with Crippen LogP contribution in [0.15, 0.2) is 18.2 Å². The average molecular weight is 266 g/mol. The lowest BCUT2D eigenvalue weighted by atomic mass is 10.1. The van der Waals surface area contributed by atoms with Crippen LogP contribution in [0.4, 0.5) is 5.69 Å². The summed E-state index contributed by atoms with van der Waals surface area (Å²) in [6.45, 7) is 4.11. The summed E-state index contributed by atoms with van der Waals surface area (Å²) in [5.74, 6) is 0.948. The Labute approximate surface area is 114 Å². The van der Waals surface area contributed by atoms with E-state index in [-0.39, 0.29) is 11.9 Å². The van der Waals surface area contributed by atoms with Gasteiger partial charge in [-0.3, -0.25) is 4.79 Å². The average Bonchev–Trinajstić information content (AvgIpc) is 2.37. The summed E-state index contributed by atoms with van der Waals surface area (Å²) in [6.07, 6.45) is 3.01. The van der Waals surface area contributed by atoms with Crippen molar-refractivity contribution in [2.24, 2.45) is 0 Å². The molecule has 0 radical (unpaired) electrons. The maximum absolute atomic E-state index is 12.2. The van der Waals surface area contributed by atoms with E-state index >= 15 is 0 Å². The maximum atomic E-state index is 12.2. The summed E-state index contributed by atoms with van der Waals surface area (Å²) in [7, 11) is 1.84. The van der Waals surface area contributed by atoms with Crippen molar-refractivity contribution in [3.8, 4) is 0 Å². The number of nitrogens with one attached hydrogen (secondary N) is 2. The SMILES string of the molecule is CCC(CSC)NC(=O)c1ccc(C)cc1NC. The van der Waals surface area contributed by atoms with Crippen LogP contribution in [-0.4, -0.2) is 31.0 Å². The molecule has 0 saturated carbocycles. The van der Waals surface area contributed by atoms with Gasteiger partial charge in [0.15, 0.2) is 0 Å². The Morgan fingerprint density at radius 2 is 2.17 bits per heavy atom. The Bertz CT molecular complexity index is 407. The fourth-order valence-electron chi connectivity index (χ4n) is 1.79. The molecule has 100 valence electrons. The Kier molecular flexibility index (Phi) is 6.05. The van der Waals surface area contributed by atoms with E-state index < -0.39 is 0 Å². The van der Waals surface area contributed by atoms with Crippen LogP contribution in [0.25, 0.3) is 0 Å². The molecule has 1 aromatic rings. The van der Waals surface area contributed by atoms with Gasteiger partial charge in [-0.15, -0.1) is 0 Å². The normalized spacial score (nSPS) is 12.0. The molecule has 0 bridgehead atoms. The molecule has 0 aromatic heterocycles. The fraction of sp³-hybridized carbons (Fsp3) is 0.500. The van der Waals surface area contributed by atoms with E-state index in [9.17, 15) is 4.79 Å². The Morgan fingerprint density at radius 1 is 1.44 bits per heavy atom. The highest BCUT2D eigenvalue weighted by Gasteiger charge is 2.14. The van der Waals surface area contributed by atoms with E-state index in [1.54, 1.807) is 11.8 Å². The first-order chi connectivity index (χ1) is 8.62. The van der Waals surface area contributed by atoms with Crippen molar-refractivity contribution in [2.45, 2.75) is 26.3 Å². The highest BCUT2D eigenvalue weighted by molar-refractivity contribution is 7.98. The van der Waals surface area contributed by atoms with Crippen LogP contribution in [0.5, 0.6) is 0 Å². The van der Waals surface area contributed by atoms with Gasteiger partial charge in [0.25, 0.3) is 5.91 Å². The third-order valence-electron chi connectivity index (χ3n) is 2.88. The minimum atomic E-state index is 0.000231. The van der Waals surface area contributed by atoms with Gasteiger partial charge in [0.1, 0.15) is 0 Å². The Morgan fingerprint density at radius 3 is 2.72 bits per heavy atom. The molecule has 0 aliphatic heterocycles. The van der Waals surface area contributed by atoms with Gasteiger partial charge >= 0.3 is 0 Å². The zero-order valence-corrected chi connectivity index (χ0v) is 12.4. The molecule has 2 N–H and O–H groups in total. The van der Waals surface area contributed by atoms with E-state index in [1.807, 2.05) is 32.2 Å². The maximum Gasteiger partial charge on any atom is 0.253 e. The quantitative estimate of drug-likeness (QED) is 0.832. The lowest BCUT2D eigenvalue weighted by molar-refractivity contribution is 0.0941. The minimum absolute atomic E-state index is 0.000231. The molecule has 0 fully saturated rings. The molecule has 0 aliphatic rings. The summed E-state index contributed by atoms with van der Waals surface area (Å²) in [5, 5.41) is 6.15. The van der Waals surface area contributed by atoms with Crippen molar-refractivity contribution in [1.82, 2.24) is 5.32 Å². The van der Waals surface area contributed by atoms with Crippen LogP contribution in [0.1, 0.15) is 29.3 Å². The van der Waals surface area contributed by atoms with Crippen molar-refractivity contribution >= 4 is 23.4 Å². The number of hydrogen-bond acceptors (Lipinski definition) is 3. The molecule has 0 spiro atoms. The smallest absolute Gasteiger partial charge is 0.253 e. The van der Waals surface area contributed by atoms with Crippen LogP contribution in [0.2, 0.25) is 0 Å². The summed E-state index contributed by atoms with van der Waals surface area (Å²) in [6, 6.07) is 6.07. The number of anilines is 1. The number of aryl methyl sites for hydroxylation is 1. The first-order valence-corrected chi connectivity index (χ1v) is 7.60. The van der Waals surface area contributed by atoms with Crippen LogP contribution in [-0.2, 0) is 0 Å². The second kappa shape index (κ2) is 7.31. The predicted octanol–water partition coefficient (Wildman–Crippen LogP) is 2.91. The zero-order valence-electron chi connectivity index (χ0n) is 11.5. The molecular formula is C14H22N2OS. The second-order valence-electron chi connectivity index (χ2n) is 4.33. The highest BCUT2D eigenvalue weighted by Crippen LogP contribution is 2.17. The lowest BCUT2D eigenvalue weighted by Crippen LogP contribution is -2.36. The van der Waals surface area contributed by atoms with E-state index in [2.05, 4.69) is 23.8 Å². The molecule has 1 amide bonds. The number of hydrogen-bond donors (Lipinski definition) is 2. The van der Waals surface area contributed by atoms with Crippen LogP contribution < -0.4 is 10.6 Å². The highest BCUT2D eigenvalue weighted by atomic mass is 32.2. The zero-order chi connectivity index (χ0) is 13.5. The van der Waals surface area contributed by atoms with Crippen LogP contribution in [0.3, 0.4) is 0 Å². The van der Waals surface area contributed by atoms with Crippen molar-refractivity contribution < 1.29 is 4.79 Å². The van der Waals surface area contributed by atoms with Crippen LogP contribution in [0, 0.1) is 6.92 Å². The molecule has 1 aromatic carbocycles. The van der Waals surface area contributed by atoms with Crippen molar-refractivity contribution in [3.63, 3.8) is 0 Å². The fourth-order valence-corrected chi connectivity index (χ4v) is 2.51. The van der Waals surface area contributed by atoms with E-state index in [0.717, 1.165) is 23.4 Å². The van der Waals surface area contributed by atoms with Crippen molar-refractivity contribution in [1.29, 1.82) is 0 Å². The van der Waals surface area contributed by atoms with Gasteiger partial charge in [-0.25, -0.2) is 0 Å². The third-order valence-corrected chi connectivity index (χ3v) is 3.62. The van der Waals surface area contributed by atoms with E-state index in [4.69, 9.17) is 0 Å². The van der Waals surface area contributed by atoms with Gasteiger partial charge in [-0.05, 0) is 37.3 Å². The number of carbonyl (C=O) groups excluding carboxylic acids is 1. The summed E-state index contributed by atoms with van der Waals surface area (Å²) < 4.78 is 0. The largest absolute Gasteiger partial charge is 0.387 e. The molecule has 18 heavy (non-hydrogen) atoms. The topological polar surface area (TPSA) is 41.1 Å². The lowest BCUT2D eigenvalue weighted by Gasteiger charge is -2.17. The van der Waals surface area contributed by atoms with Gasteiger partial charge in [-0.2, -0.15) is 11.8 Å². The first kappa shape index (κ1) is 14.9. The molecule has 1 rings (SSSR count). The second-order valence-corrected chi connectivity index (χ2v) is 5.24. The summed E-state index contributed by atoms with van der Waals surface area (Å²) >= 11 is 1.75. The molecule has 3 nitrogen and oxygen atoms in total. The van der Waals surface area contributed by atoms with Gasteiger partial charge in [0, 0.05) is 24.5 Å². The predicted molar refractivity (Wildman–Crippen MR) is 80.7 cm³/mol. The van der Waals surface area contributed by atoms with Crippen LogP contribution >= 0.6 is 11.8 Å². The molecule has 1 unspecified atom stereocenters. The molecule has 0 aliphatic carbocycles. The third kappa shape index (κ3) is 3.95. The molecule has 0 saturated heterocycles. The van der Waals surface area contributed by atoms with E-state index in [1.165, 1.54) is 0 Å². The van der Waals surface area contributed by atoms with Gasteiger partial charge in [-0.1, -0.05) is 13.0 Å². The summed E-state index contributed by atoms with van der Waals surface area (Å²) in [4.78, 5) is 12.2. The molecular weight excluding hydrogens is 244 g/mol. The molecule has 1 atom stereocenters. The number of thioether (sulfide) groups is 1. The number of rotatable bonds is 6. The number of amides is 1. The van der Waals surface area contributed by atoms with Crippen molar-refractivity contribution in [3.05, 3.63) is 29.3 Å². The van der Waals surface area contributed by atoms with Gasteiger partial charge < -0.3 is 10.6 Å². The van der Waals surface area contributed by atoms with E-state index in [0.29, 0.717) is 5.56 Å².